The van der Waals surface area contributed by atoms with Gasteiger partial charge < -0.3 is 5.32 Å². The first kappa shape index (κ1) is 17.2. The Hall–Kier alpha value is -0.820. The molecule has 0 amide bonds. The van der Waals surface area contributed by atoms with Gasteiger partial charge in [0.15, 0.2) is 0 Å². The SMILES string of the molecule is CCCCCCCCC(NCc1ccccc1)C(C)C. The number of rotatable bonds is 11. The lowest BCUT2D eigenvalue weighted by atomic mass is 9.97. The van der Waals surface area contributed by atoms with E-state index in [0.717, 1.165) is 6.54 Å². The van der Waals surface area contributed by atoms with Crippen molar-refractivity contribution in [3.8, 4) is 0 Å². The van der Waals surface area contributed by atoms with E-state index in [2.05, 4.69) is 56.4 Å². The lowest BCUT2D eigenvalue weighted by molar-refractivity contribution is 0.362. The molecule has 0 aliphatic carbocycles. The number of hydrogen-bond donors (Lipinski definition) is 1. The van der Waals surface area contributed by atoms with Crippen molar-refractivity contribution in [1.82, 2.24) is 5.32 Å². The Morgan fingerprint density at radius 1 is 0.900 bits per heavy atom. The van der Waals surface area contributed by atoms with Crippen LogP contribution in [0.15, 0.2) is 30.3 Å². The summed E-state index contributed by atoms with van der Waals surface area (Å²) in [6.07, 6.45) is 9.66. The maximum absolute atomic E-state index is 3.74. The van der Waals surface area contributed by atoms with Gasteiger partial charge in [-0.1, -0.05) is 89.6 Å². The third-order valence-corrected chi connectivity index (χ3v) is 4.08. The van der Waals surface area contributed by atoms with Gasteiger partial charge in [0.25, 0.3) is 0 Å². The molecular formula is C19H33N. The number of unbranched alkanes of at least 4 members (excludes halogenated alkanes) is 5. The molecule has 0 bridgehead atoms. The van der Waals surface area contributed by atoms with Crippen LogP contribution in [-0.4, -0.2) is 6.04 Å². The fourth-order valence-corrected chi connectivity index (χ4v) is 2.66. The van der Waals surface area contributed by atoms with E-state index in [0.29, 0.717) is 12.0 Å². The Bertz CT molecular complexity index is 318. The molecule has 1 heteroatoms. The molecule has 0 saturated carbocycles. The van der Waals surface area contributed by atoms with E-state index in [-0.39, 0.29) is 0 Å². The molecule has 0 spiro atoms. The van der Waals surface area contributed by atoms with Crippen LogP contribution in [0.25, 0.3) is 0 Å². The van der Waals surface area contributed by atoms with Gasteiger partial charge in [0.2, 0.25) is 0 Å². The number of benzene rings is 1. The summed E-state index contributed by atoms with van der Waals surface area (Å²) in [5, 5.41) is 3.74. The van der Waals surface area contributed by atoms with Gasteiger partial charge in [-0.2, -0.15) is 0 Å². The van der Waals surface area contributed by atoms with Crippen LogP contribution in [0, 0.1) is 5.92 Å². The summed E-state index contributed by atoms with van der Waals surface area (Å²) in [7, 11) is 0. The minimum absolute atomic E-state index is 0.654. The van der Waals surface area contributed by atoms with Crippen LogP contribution in [0.3, 0.4) is 0 Å². The largest absolute Gasteiger partial charge is 0.310 e. The van der Waals surface area contributed by atoms with Gasteiger partial charge in [-0.15, -0.1) is 0 Å². The van der Waals surface area contributed by atoms with Crippen LogP contribution in [0.5, 0.6) is 0 Å². The van der Waals surface area contributed by atoms with Crippen LogP contribution in [0.2, 0.25) is 0 Å². The molecule has 1 unspecified atom stereocenters. The molecule has 0 saturated heterocycles. The highest BCUT2D eigenvalue weighted by Crippen LogP contribution is 2.14. The summed E-state index contributed by atoms with van der Waals surface area (Å²) in [6, 6.07) is 11.4. The molecule has 0 aliphatic heterocycles. The van der Waals surface area contributed by atoms with Gasteiger partial charge in [-0.25, -0.2) is 0 Å². The maximum atomic E-state index is 3.74. The summed E-state index contributed by atoms with van der Waals surface area (Å²) in [4.78, 5) is 0. The molecule has 114 valence electrons. The van der Waals surface area contributed by atoms with Crippen LogP contribution < -0.4 is 5.32 Å². The quantitative estimate of drug-likeness (QED) is 0.522. The molecule has 1 aromatic carbocycles. The van der Waals surface area contributed by atoms with Crippen molar-refractivity contribution >= 4 is 0 Å². The normalized spacial score (nSPS) is 12.8. The van der Waals surface area contributed by atoms with Gasteiger partial charge in [-0.3, -0.25) is 0 Å². The highest BCUT2D eigenvalue weighted by Gasteiger charge is 2.12. The molecular weight excluding hydrogens is 242 g/mol. The standard InChI is InChI=1S/C19H33N/c1-4-5-6-7-8-12-15-19(17(2)3)20-16-18-13-10-9-11-14-18/h9-11,13-14,17,19-20H,4-8,12,15-16H2,1-3H3. The molecule has 0 aliphatic rings. The third kappa shape index (κ3) is 7.69. The van der Waals surface area contributed by atoms with Crippen LogP contribution in [0.1, 0.15) is 71.3 Å². The smallest absolute Gasteiger partial charge is 0.0208 e. The van der Waals surface area contributed by atoms with Crippen molar-refractivity contribution in [2.75, 3.05) is 0 Å². The summed E-state index contributed by atoms with van der Waals surface area (Å²) >= 11 is 0. The second-order valence-corrected chi connectivity index (χ2v) is 6.27. The zero-order chi connectivity index (χ0) is 14.6. The van der Waals surface area contributed by atoms with E-state index in [1.54, 1.807) is 0 Å². The van der Waals surface area contributed by atoms with E-state index in [9.17, 15) is 0 Å². The molecule has 0 heterocycles. The van der Waals surface area contributed by atoms with Crippen LogP contribution in [0.4, 0.5) is 0 Å². The second kappa shape index (κ2) is 10.9. The van der Waals surface area contributed by atoms with Crippen molar-refractivity contribution in [2.45, 2.75) is 78.3 Å². The average molecular weight is 275 g/mol. The highest BCUT2D eigenvalue weighted by molar-refractivity contribution is 5.14. The van der Waals surface area contributed by atoms with Gasteiger partial charge in [0, 0.05) is 12.6 Å². The molecule has 0 aromatic heterocycles. The van der Waals surface area contributed by atoms with Crippen molar-refractivity contribution in [2.24, 2.45) is 5.92 Å². The predicted octanol–water partition coefficient (Wildman–Crippen LogP) is 5.55. The first-order valence-electron chi connectivity index (χ1n) is 8.51. The van der Waals surface area contributed by atoms with Crippen LogP contribution in [-0.2, 0) is 6.54 Å². The average Bonchev–Trinajstić information content (AvgIpc) is 2.46. The van der Waals surface area contributed by atoms with Crippen molar-refractivity contribution < 1.29 is 0 Å². The minimum Gasteiger partial charge on any atom is -0.310 e. The molecule has 1 N–H and O–H groups in total. The van der Waals surface area contributed by atoms with E-state index >= 15 is 0 Å². The lowest BCUT2D eigenvalue weighted by Gasteiger charge is -2.22. The van der Waals surface area contributed by atoms with E-state index in [1.807, 2.05) is 0 Å². The molecule has 0 radical (unpaired) electrons. The molecule has 1 atom stereocenters. The fourth-order valence-electron chi connectivity index (χ4n) is 2.66. The summed E-state index contributed by atoms with van der Waals surface area (Å²) in [5.74, 6) is 0.717. The van der Waals surface area contributed by atoms with Crippen molar-refractivity contribution in [3.63, 3.8) is 0 Å². The Kier molecular flexibility index (Phi) is 9.40. The zero-order valence-electron chi connectivity index (χ0n) is 13.7. The maximum Gasteiger partial charge on any atom is 0.0208 e. The Labute approximate surface area is 126 Å². The van der Waals surface area contributed by atoms with E-state index in [4.69, 9.17) is 0 Å². The van der Waals surface area contributed by atoms with Crippen molar-refractivity contribution in [1.29, 1.82) is 0 Å². The van der Waals surface area contributed by atoms with E-state index < -0.39 is 0 Å². The lowest BCUT2D eigenvalue weighted by Crippen LogP contribution is -2.33. The van der Waals surface area contributed by atoms with Crippen molar-refractivity contribution in [3.05, 3.63) is 35.9 Å². The Morgan fingerprint density at radius 2 is 1.55 bits per heavy atom. The van der Waals surface area contributed by atoms with Crippen LogP contribution >= 0.6 is 0 Å². The fraction of sp³-hybridized carbons (Fsp3) is 0.684. The highest BCUT2D eigenvalue weighted by atomic mass is 14.9. The van der Waals surface area contributed by atoms with Gasteiger partial charge in [0.05, 0.1) is 0 Å². The first-order chi connectivity index (χ1) is 9.74. The predicted molar refractivity (Wildman–Crippen MR) is 89.9 cm³/mol. The van der Waals surface area contributed by atoms with Gasteiger partial charge in [-0.05, 0) is 17.9 Å². The monoisotopic (exact) mass is 275 g/mol. The minimum atomic E-state index is 0.654. The molecule has 1 rings (SSSR count). The number of nitrogens with one attached hydrogen (secondary N) is 1. The van der Waals surface area contributed by atoms with E-state index in [1.165, 1.54) is 50.5 Å². The van der Waals surface area contributed by atoms with Gasteiger partial charge in [0.1, 0.15) is 0 Å². The Balaban J connectivity index is 2.20. The first-order valence-corrected chi connectivity index (χ1v) is 8.51. The molecule has 0 fully saturated rings. The summed E-state index contributed by atoms with van der Waals surface area (Å²) < 4.78 is 0. The number of hydrogen-bond acceptors (Lipinski definition) is 1. The summed E-state index contributed by atoms with van der Waals surface area (Å²) in [5.41, 5.74) is 1.39. The molecule has 1 nitrogen and oxygen atoms in total. The molecule has 1 aromatic rings. The van der Waals surface area contributed by atoms with Gasteiger partial charge >= 0.3 is 0 Å². The summed E-state index contributed by atoms with van der Waals surface area (Å²) in [6.45, 7) is 7.95. The third-order valence-electron chi connectivity index (χ3n) is 4.08. The second-order valence-electron chi connectivity index (χ2n) is 6.27. The topological polar surface area (TPSA) is 12.0 Å². The molecule has 20 heavy (non-hydrogen) atoms. The Morgan fingerprint density at radius 3 is 2.20 bits per heavy atom. The zero-order valence-corrected chi connectivity index (χ0v) is 13.7.